The van der Waals surface area contributed by atoms with Gasteiger partial charge in [-0.05, 0) is 31.2 Å². The Hall–Kier alpha value is -1.12. The van der Waals surface area contributed by atoms with Gasteiger partial charge in [0, 0.05) is 11.5 Å². The van der Waals surface area contributed by atoms with E-state index in [1.165, 1.54) is 36.8 Å². The highest BCUT2D eigenvalue weighted by molar-refractivity contribution is 5.30. The first kappa shape index (κ1) is 14.3. The molecule has 19 heavy (non-hydrogen) atoms. The second-order valence-electron chi connectivity index (χ2n) is 5.76. The summed E-state index contributed by atoms with van der Waals surface area (Å²) in [5.74, 6) is 5.89. The van der Waals surface area contributed by atoms with Crippen LogP contribution in [0, 0.1) is 0 Å². The number of nitrogens with two attached hydrogens (primary N) is 1. The van der Waals surface area contributed by atoms with Crippen LogP contribution in [0.1, 0.15) is 51.0 Å². The molecule has 0 spiro atoms. The Balaban J connectivity index is 2.30. The summed E-state index contributed by atoms with van der Waals surface area (Å²) in [6.45, 7) is 6.33. The Bertz CT molecular complexity index is 405. The Morgan fingerprint density at radius 2 is 1.95 bits per heavy atom. The SMILES string of the molecule is C=C(CC)CC(NN)C1(c2ccccc2)CCCC1. The largest absolute Gasteiger partial charge is 0.271 e. The second kappa shape index (κ2) is 6.36. The highest BCUT2D eigenvalue weighted by Crippen LogP contribution is 2.45. The quantitative estimate of drug-likeness (QED) is 0.464. The fraction of sp³-hybridized carbons (Fsp3) is 0.529. The van der Waals surface area contributed by atoms with E-state index in [0.717, 1.165) is 12.8 Å². The predicted octanol–water partition coefficient (Wildman–Crippen LogP) is 3.69. The van der Waals surface area contributed by atoms with E-state index in [-0.39, 0.29) is 5.41 Å². The lowest BCUT2D eigenvalue weighted by Crippen LogP contribution is -2.50. The van der Waals surface area contributed by atoms with E-state index in [9.17, 15) is 0 Å². The molecule has 1 aliphatic rings. The van der Waals surface area contributed by atoms with Crippen molar-refractivity contribution in [1.82, 2.24) is 5.43 Å². The molecule has 3 N–H and O–H groups in total. The molecule has 0 aliphatic heterocycles. The van der Waals surface area contributed by atoms with Crippen LogP contribution >= 0.6 is 0 Å². The van der Waals surface area contributed by atoms with E-state index >= 15 is 0 Å². The topological polar surface area (TPSA) is 38.0 Å². The van der Waals surface area contributed by atoms with Gasteiger partial charge in [0.05, 0.1) is 0 Å². The third kappa shape index (κ3) is 2.90. The van der Waals surface area contributed by atoms with Crippen LogP contribution in [0.4, 0.5) is 0 Å². The summed E-state index contributed by atoms with van der Waals surface area (Å²) in [5.41, 5.74) is 5.99. The zero-order chi connectivity index (χ0) is 13.7. The van der Waals surface area contributed by atoms with Crippen molar-refractivity contribution in [2.24, 2.45) is 5.84 Å². The van der Waals surface area contributed by atoms with Crippen LogP contribution in [0.5, 0.6) is 0 Å². The third-order valence-electron chi connectivity index (χ3n) is 4.71. The normalized spacial score (nSPS) is 19.3. The zero-order valence-corrected chi connectivity index (χ0v) is 12.0. The van der Waals surface area contributed by atoms with Gasteiger partial charge >= 0.3 is 0 Å². The lowest BCUT2D eigenvalue weighted by Gasteiger charge is -2.38. The number of hydrogen-bond donors (Lipinski definition) is 2. The first-order valence-corrected chi connectivity index (χ1v) is 7.41. The molecule has 2 heteroatoms. The van der Waals surface area contributed by atoms with Gasteiger partial charge in [-0.15, -0.1) is 0 Å². The molecule has 1 fully saturated rings. The fourth-order valence-electron chi connectivity index (χ4n) is 3.46. The molecule has 1 aromatic carbocycles. The van der Waals surface area contributed by atoms with Crippen molar-refractivity contribution < 1.29 is 0 Å². The predicted molar refractivity (Wildman–Crippen MR) is 81.7 cm³/mol. The van der Waals surface area contributed by atoms with Gasteiger partial charge in [0.25, 0.3) is 0 Å². The second-order valence-corrected chi connectivity index (χ2v) is 5.76. The molecule has 2 nitrogen and oxygen atoms in total. The fourth-order valence-corrected chi connectivity index (χ4v) is 3.46. The van der Waals surface area contributed by atoms with Crippen molar-refractivity contribution in [2.75, 3.05) is 0 Å². The van der Waals surface area contributed by atoms with Crippen molar-refractivity contribution in [3.05, 3.63) is 48.0 Å². The Morgan fingerprint density at radius 1 is 1.32 bits per heavy atom. The van der Waals surface area contributed by atoms with E-state index in [2.05, 4.69) is 49.3 Å². The maximum atomic E-state index is 5.89. The minimum atomic E-state index is 0.189. The van der Waals surface area contributed by atoms with Crippen LogP contribution in [0.25, 0.3) is 0 Å². The van der Waals surface area contributed by atoms with Crippen molar-refractivity contribution in [1.29, 1.82) is 0 Å². The summed E-state index contributed by atoms with van der Waals surface area (Å²) in [6, 6.07) is 11.2. The van der Waals surface area contributed by atoms with E-state index in [4.69, 9.17) is 5.84 Å². The van der Waals surface area contributed by atoms with Crippen molar-refractivity contribution in [3.8, 4) is 0 Å². The summed E-state index contributed by atoms with van der Waals surface area (Å²) < 4.78 is 0. The lowest BCUT2D eigenvalue weighted by atomic mass is 9.71. The van der Waals surface area contributed by atoms with Gasteiger partial charge in [-0.3, -0.25) is 11.3 Å². The third-order valence-corrected chi connectivity index (χ3v) is 4.71. The van der Waals surface area contributed by atoms with E-state index in [0.29, 0.717) is 6.04 Å². The summed E-state index contributed by atoms with van der Waals surface area (Å²) in [4.78, 5) is 0. The van der Waals surface area contributed by atoms with Gasteiger partial charge in [-0.25, -0.2) is 0 Å². The van der Waals surface area contributed by atoms with Crippen LogP contribution in [0.2, 0.25) is 0 Å². The molecule has 1 atom stereocenters. The smallest absolute Gasteiger partial charge is 0.0344 e. The molecule has 1 aromatic rings. The van der Waals surface area contributed by atoms with Crippen LogP contribution in [0.15, 0.2) is 42.5 Å². The first-order valence-electron chi connectivity index (χ1n) is 7.41. The molecule has 1 aliphatic carbocycles. The van der Waals surface area contributed by atoms with Crippen molar-refractivity contribution in [2.45, 2.75) is 56.9 Å². The number of benzene rings is 1. The minimum absolute atomic E-state index is 0.189. The molecule has 0 radical (unpaired) electrons. The molecule has 0 heterocycles. The van der Waals surface area contributed by atoms with Crippen molar-refractivity contribution in [3.63, 3.8) is 0 Å². The standard InChI is InChI=1S/C17H26N2/c1-3-14(2)13-16(19-18)17(11-7-8-12-17)15-9-5-4-6-10-15/h4-6,9-10,16,19H,2-3,7-8,11-13,18H2,1H3. The minimum Gasteiger partial charge on any atom is -0.271 e. The van der Waals surface area contributed by atoms with Crippen LogP contribution < -0.4 is 11.3 Å². The number of hydrogen-bond acceptors (Lipinski definition) is 2. The van der Waals surface area contributed by atoms with Gasteiger partial charge in [-0.2, -0.15) is 0 Å². The molecule has 2 rings (SSSR count). The average Bonchev–Trinajstić information content (AvgIpc) is 2.96. The van der Waals surface area contributed by atoms with Gasteiger partial charge in [0.15, 0.2) is 0 Å². The summed E-state index contributed by atoms with van der Waals surface area (Å²) >= 11 is 0. The molecule has 0 aromatic heterocycles. The van der Waals surface area contributed by atoms with Crippen molar-refractivity contribution >= 4 is 0 Å². The Labute approximate surface area is 117 Å². The Morgan fingerprint density at radius 3 is 2.47 bits per heavy atom. The van der Waals surface area contributed by atoms with E-state index in [1.807, 2.05) is 0 Å². The lowest BCUT2D eigenvalue weighted by molar-refractivity contribution is 0.294. The van der Waals surface area contributed by atoms with E-state index < -0.39 is 0 Å². The molecule has 1 saturated carbocycles. The molecule has 0 bridgehead atoms. The molecular weight excluding hydrogens is 232 g/mol. The molecular formula is C17H26N2. The zero-order valence-electron chi connectivity index (χ0n) is 12.0. The van der Waals surface area contributed by atoms with Crippen LogP contribution in [0.3, 0.4) is 0 Å². The van der Waals surface area contributed by atoms with Crippen LogP contribution in [-0.2, 0) is 5.41 Å². The van der Waals surface area contributed by atoms with Crippen LogP contribution in [-0.4, -0.2) is 6.04 Å². The van der Waals surface area contributed by atoms with Gasteiger partial charge < -0.3 is 0 Å². The molecule has 104 valence electrons. The first-order chi connectivity index (χ1) is 9.23. The van der Waals surface area contributed by atoms with Gasteiger partial charge in [0.2, 0.25) is 0 Å². The molecule has 0 amide bonds. The Kier molecular flexibility index (Phi) is 4.78. The maximum Gasteiger partial charge on any atom is 0.0344 e. The van der Waals surface area contributed by atoms with E-state index in [1.54, 1.807) is 0 Å². The highest BCUT2D eigenvalue weighted by Gasteiger charge is 2.42. The summed E-state index contributed by atoms with van der Waals surface area (Å²) in [5, 5.41) is 0. The molecule has 1 unspecified atom stereocenters. The number of hydrazine groups is 1. The number of nitrogens with one attached hydrogen (secondary N) is 1. The average molecular weight is 258 g/mol. The highest BCUT2D eigenvalue weighted by atomic mass is 15.2. The summed E-state index contributed by atoms with van der Waals surface area (Å²) in [6.07, 6.45) is 7.05. The monoisotopic (exact) mass is 258 g/mol. The molecule has 0 saturated heterocycles. The number of rotatable bonds is 6. The summed E-state index contributed by atoms with van der Waals surface area (Å²) in [7, 11) is 0. The van der Waals surface area contributed by atoms with Gasteiger partial charge in [-0.1, -0.05) is 62.2 Å². The van der Waals surface area contributed by atoms with Gasteiger partial charge in [0.1, 0.15) is 0 Å². The maximum absolute atomic E-state index is 5.89.